The van der Waals surface area contributed by atoms with Crippen LogP contribution in [-0.2, 0) is 9.53 Å². The highest BCUT2D eigenvalue weighted by atomic mass is 16.5. The van der Waals surface area contributed by atoms with Crippen LogP contribution < -0.4 is 0 Å². The highest BCUT2D eigenvalue weighted by molar-refractivity contribution is 5.81. The first-order valence-corrected chi connectivity index (χ1v) is 7.92. The average Bonchev–Trinajstić information content (AvgIpc) is 3.06. The number of carbonyl (C=O) groups excluding carboxylic acids is 1. The molecule has 0 aromatic heterocycles. The van der Waals surface area contributed by atoms with E-state index in [-0.39, 0.29) is 18.1 Å². The fraction of sp³-hybridized carbons (Fsp3) is 0.316. The molecule has 118 valence electrons. The molecule has 0 saturated carbocycles. The molecule has 2 aromatic carbocycles. The van der Waals surface area contributed by atoms with Crippen molar-refractivity contribution in [3.63, 3.8) is 0 Å². The lowest BCUT2D eigenvalue weighted by molar-refractivity contribution is -0.152. The summed E-state index contributed by atoms with van der Waals surface area (Å²) in [7, 11) is 1.85. The molecule has 1 fully saturated rings. The van der Waals surface area contributed by atoms with Gasteiger partial charge in [0.2, 0.25) is 0 Å². The number of benzene rings is 2. The molecule has 4 rings (SSSR count). The number of aliphatic hydroxyl groups is 1. The molecule has 0 bridgehead atoms. The molecule has 1 saturated heterocycles. The molecule has 2 atom stereocenters. The van der Waals surface area contributed by atoms with Gasteiger partial charge >= 0.3 is 5.97 Å². The number of rotatable bonds is 2. The molecule has 4 heteroatoms. The first-order chi connectivity index (χ1) is 11.1. The number of hydrogen-bond acceptors (Lipinski definition) is 4. The summed E-state index contributed by atoms with van der Waals surface area (Å²) in [6, 6.07) is 15.7. The normalized spacial score (nSPS) is 23.6. The van der Waals surface area contributed by atoms with E-state index in [0.29, 0.717) is 13.0 Å². The Morgan fingerprint density at radius 2 is 1.65 bits per heavy atom. The minimum Gasteiger partial charge on any atom is -0.451 e. The molecular formula is C19H19NO3. The van der Waals surface area contributed by atoms with E-state index in [4.69, 9.17) is 4.74 Å². The minimum atomic E-state index is -0.458. The zero-order valence-electron chi connectivity index (χ0n) is 13.0. The first kappa shape index (κ1) is 14.4. The van der Waals surface area contributed by atoms with E-state index in [1.54, 1.807) is 0 Å². The van der Waals surface area contributed by atoms with Crippen LogP contribution in [0.5, 0.6) is 0 Å². The quantitative estimate of drug-likeness (QED) is 0.865. The fourth-order valence-corrected chi connectivity index (χ4v) is 3.68. The Kier molecular flexibility index (Phi) is 3.43. The summed E-state index contributed by atoms with van der Waals surface area (Å²) in [5.41, 5.74) is 4.31. The van der Waals surface area contributed by atoms with Crippen LogP contribution in [0.3, 0.4) is 0 Å². The van der Waals surface area contributed by atoms with Gasteiger partial charge in [0.25, 0.3) is 0 Å². The summed E-state index contributed by atoms with van der Waals surface area (Å²) in [5, 5.41) is 9.75. The van der Waals surface area contributed by atoms with Gasteiger partial charge in [-0.1, -0.05) is 48.5 Å². The SMILES string of the molecule is CN1C[C@H](O)C[C@H]1C(=O)OC1c2ccccc2-c2ccccc21. The number of fused-ring (bicyclic) bond motifs is 3. The van der Waals surface area contributed by atoms with Crippen molar-refractivity contribution in [2.75, 3.05) is 13.6 Å². The van der Waals surface area contributed by atoms with E-state index in [9.17, 15) is 9.90 Å². The van der Waals surface area contributed by atoms with Gasteiger partial charge in [0.05, 0.1) is 6.10 Å². The van der Waals surface area contributed by atoms with Crippen LogP contribution in [0.2, 0.25) is 0 Å². The van der Waals surface area contributed by atoms with Crippen molar-refractivity contribution in [3.8, 4) is 11.1 Å². The van der Waals surface area contributed by atoms with Crippen molar-refractivity contribution >= 4 is 5.97 Å². The minimum absolute atomic E-state index is 0.263. The lowest BCUT2D eigenvalue weighted by Gasteiger charge is -2.21. The van der Waals surface area contributed by atoms with Gasteiger partial charge in [-0.2, -0.15) is 0 Å². The maximum absolute atomic E-state index is 12.6. The van der Waals surface area contributed by atoms with Crippen LogP contribution in [0, 0.1) is 0 Å². The van der Waals surface area contributed by atoms with E-state index in [1.165, 1.54) is 0 Å². The Balaban J connectivity index is 1.66. The van der Waals surface area contributed by atoms with Crippen LogP contribution in [0.4, 0.5) is 0 Å². The standard InChI is InChI=1S/C19H19NO3/c1-20-11-12(21)10-17(20)19(22)23-18-15-8-4-2-6-13(15)14-7-3-5-9-16(14)18/h2-9,12,17-18,21H,10-11H2,1H3/t12-,17+/m1/s1. The molecule has 1 heterocycles. The van der Waals surface area contributed by atoms with E-state index < -0.39 is 6.10 Å². The molecule has 2 aliphatic rings. The molecule has 0 radical (unpaired) electrons. The number of esters is 1. The molecule has 1 aliphatic carbocycles. The molecule has 1 aliphatic heterocycles. The monoisotopic (exact) mass is 309 g/mol. The Hall–Kier alpha value is -2.17. The topological polar surface area (TPSA) is 49.8 Å². The number of carbonyl (C=O) groups is 1. The van der Waals surface area contributed by atoms with Gasteiger partial charge in [-0.3, -0.25) is 9.69 Å². The largest absolute Gasteiger partial charge is 0.451 e. The third-order valence-electron chi connectivity index (χ3n) is 4.81. The maximum Gasteiger partial charge on any atom is 0.324 e. The van der Waals surface area contributed by atoms with Crippen molar-refractivity contribution in [2.45, 2.75) is 24.7 Å². The van der Waals surface area contributed by atoms with E-state index in [1.807, 2.05) is 48.3 Å². The number of likely N-dealkylation sites (N-methyl/N-ethyl adjacent to an activating group) is 1. The van der Waals surface area contributed by atoms with Gasteiger partial charge in [0.1, 0.15) is 6.04 Å². The van der Waals surface area contributed by atoms with Crippen molar-refractivity contribution in [1.82, 2.24) is 4.90 Å². The predicted molar refractivity (Wildman–Crippen MR) is 86.9 cm³/mol. The van der Waals surface area contributed by atoms with Crippen molar-refractivity contribution < 1.29 is 14.6 Å². The highest BCUT2D eigenvalue weighted by Crippen LogP contribution is 2.45. The Morgan fingerprint density at radius 3 is 2.17 bits per heavy atom. The molecule has 23 heavy (non-hydrogen) atoms. The van der Waals surface area contributed by atoms with Crippen LogP contribution >= 0.6 is 0 Å². The van der Waals surface area contributed by atoms with E-state index in [0.717, 1.165) is 22.3 Å². The summed E-state index contributed by atoms with van der Waals surface area (Å²) < 4.78 is 5.88. The van der Waals surface area contributed by atoms with Gasteiger partial charge in [0, 0.05) is 24.1 Å². The number of β-amino-alcohol motifs (C(OH)–C–C–N with tert-alkyl or cyclic N) is 1. The van der Waals surface area contributed by atoms with Gasteiger partial charge < -0.3 is 9.84 Å². The fourth-order valence-electron chi connectivity index (χ4n) is 3.68. The third kappa shape index (κ3) is 2.35. The summed E-state index contributed by atoms with van der Waals surface area (Å²) in [5.74, 6) is -0.263. The molecule has 2 aromatic rings. The second kappa shape index (κ2) is 5.48. The zero-order valence-corrected chi connectivity index (χ0v) is 13.0. The molecule has 4 nitrogen and oxygen atoms in total. The summed E-state index contributed by atoms with van der Waals surface area (Å²) in [6.07, 6.45) is -0.382. The summed E-state index contributed by atoms with van der Waals surface area (Å²) in [6.45, 7) is 0.512. The summed E-state index contributed by atoms with van der Waals surface area (Å²) >= 11 is 0. The number of aliphatic hydroxyl groups excluding tert-OH is 1. The van der Waals surface area contributed by atoms with Crippen LogP contribution in [0.1, 0.15) is 23.7 Å². The second-order valence-corrected chi connectivity index (χ2v) is 6.34. The molecule has 0 unspecified atom stereocenters. The Labute approximate surface area is 135 Å². The Morgan fingerprint density at radius 1 is 1.09 bits per heavy atom. The van der Waals surface area contributed by atoms with Crippen molar-refractivity contribution in [3.05, 3.63) is 59.7 Å². The number of hydrogen-bond donors (Lipinski definition) is 1. The summed E-state index contributed by atoms with van der Waals surface area (Å²) in [4.78, 5) is 14.5. The van der Waals surface area contributed by atoms with Gasteiger partial charge in [0.15, 0.2) is 6.10 Å². The lowest BCUT2D eigenvalue weighted by Crippen LogP contribution is -2.35. The molecule has 1 N–H and O–H groups in total. The maximum atomic E-state index is 12.6. The molecular weight excluding hydrogens is 290 g/mol. The number of ether oxygens (including phenoxy) is 1. The van der Waals surface area contributed by atoms with Crippen LogP contribution in [-0.4, -0.2) is 41.7 Å². The number of likely N-dealkylation sites (tertiary alicyclic amines) is 1. The van der Waals surface area contributed by atoms with Crippen molar-refractivity contribution in [1.29, 1.82) is 0 Å². The molecule has 0 amide bonds. The number of nitrogens with zero attached hydrogens (tertiary/aromatic N) is 1. The lowest BCUT2D eigenvalue weighted by atomic mass is 10.1. The van der Waals surface area contributed by atoms with Gasteiger partial charge in [-0.25, -0.2) is 0 Å². The predicted octanol–water partition coefficient (Wildman–Crippen LogP) is 2.36. The highest BCUT2D eigenvalue weighted by Gasteiger charge is 2.38. The van der Waals surface area contributed by atoms with Gasteiger partial charge in [-0.15, -0.1) is 0 Å². The van der Waals surface area contributed by atoms with E-state index >= 15 is 0 Å². The van der Waals surface area contributed by atoms with Crippen molar-refractivity contribution in [2.24, 2.45) is 0 Å². The third-order valence-corrected chi connectivity index (χ3v) is 4.81. The zero-order chi connectivity index (χ0) is 16.0. The smallest absolute Gasteiger partial charge is 0.324 e. The molecule has 0 spiro atoms. The Bertz CT molecular complexity index is 712. The van der Waals surface area contributed by atoms with Crippen LogP contribution in [0.25, 0.3) is 11.1 Å². The van der Waals surface area contributed by atoms with Crippen LogP contribution in [0.15, 0.2) is 48.5 Å². The second-order valence-electron chi connectivity index (χ2n) is 6.34. The average molecular weight is 309 g/mol. The van der Waals surface area contributed by atoms with E-state index in [2.05, 4.69) is 12.1 Å². The first-order valence-electron chi connectivity index (χ1n) is 7.92. The van der Waals surface area contributed by atoms with Gasteiger partial charge in [-0.05, 0) is 18.2 Å².